The van der Waals surface area contributed by atoms with Crippen molar-refractivity contribution in [2.75, 3.05) is 0 Å². The Hall–Kier alpha value is -2.78. The summed E-state index contributed by atoms with van der Waals surface area (Å²) in [5.74, 6) is 0.613. The Bertz CT molecular complexity index is 995. The van der Waals surface area contributed by atoms with E-state index in [1.807, 2.05) is 18.2 Å². The Kier molecular flexibility index (Phi) is 3.49. The van der Waals surface area contributed by atoms with Gasteiger partial charge in [-0.2, -0.15) is 0 Å². The molecule has 2 nitrogen and oxygen atoms in total. The van der Waals surface area contributed by atoms with Gasteiger partial charge in [0.15, 0.2) is 0 Å². The van der Waals surface area contributed by atoms with Crippen LogP contribution in [0, 0.1) is 0 Å². The van der Waals surface area contributed by atoms with Gasteiger partial charge in [0.25, 0.3) is 0 Å². The van der Waals surface area contributed by atoms with Gasteiger partial charge in [0.05, 0.1) is 0 Å². The maximum absolute atomic E-state index is 8.85. The van der Waals surface area contributed by atoms with Crippen molar-refractivity contribution in [2.45, 2.75) is 0 Å². The summed E-state index contributed by atoms with van der Waals surface area (Å²) in [6.07, 6.45) is 0. The van der Waals surface area contributed by atoms with Crippen LogP contribution in [0.25, 0.3) is 32.7 Å². The molecule has 1 N–H and O–H groups in total. The van der Waals surface area contributed by atoms with Crippen molar-refractivity contribution in [1.29, 1.82) is 0 Å². The highest BCUT2D eigenvalue weighted by Crippen LogP contribution is 2.35. The smallest absolute Gasteiger partial charge is 0.537 e. The minimum Gasteiger partial charge on any atom is -0.537 e. The van der Waals surface area contributed by atoms with Crippen LogP contribution in [0.1, 0.15) is 0 Å². The van der Waals surface area contributed by atoms with Gasteiger partial charge in [-0.05, 0) is 50.9 Å². The fraction of sp³-hybridized carbons (Fsp3) is 0. The largest absolute Gasteiger partial charge is 0.569 e. The number of fused-ring (bicyclic) bond motifs is 3. The second-order valence-corrected chi connectivity index (χ2v) is 5.44. The molecule has 0 spiro atoms. The summed E-state index contributed by atoms with van der Waals surface area (Å²) in [6.45, 7) is 0. The lowest BCUT2D eigenvalue weighted by Crippen LogP contribution is -1.99. The van der Waals surface area contributed by atoms with Crippen molar-refractivity contribution >= 4 is 29.2 Å². The van der Waals surface area contributed by atoms with Gasteiger partial charge in [0, 0.05) is 0 Å². The predicted molar refractivity (Wildman–Crippen MR) is 95.5 cm³/mol. The summed E-state index contributed by atoms with van der Waals surface area (Å²) in [5, 5.41) is 13.8. The third kappa shape index (κ3) is 2.45. The number of hydrogen-bond acceptors (Lipinski definition) is 2. The molecule has 0 saturated carbocycles. The summed E-state index contributed by atoms with van der Waals surface area (Å²) in [4.78, 5) is 0. The molecular weight excluding hydrogens is 283 g/mol. The minimum atomic E-state index is 0.613. The lowest BCUT2D eigenvalue weighted by molar-refractivity contribution is 0.454. The van der Waals surface area contributed by atoms with Crippen molar-refractivity contribution < 1.29 is 9.68 Å². The topological polar surface area (TPSA) is 29.5 Å². The summed E-state index contributed by atoms with van der Waals surface area (Å²) in [6, 6.07) is 26.8. The van der Waals surface area contributed by atoms with Crippen LogP contribution in [0.5, 0.6) is 5.75 Å². The Labute approximate surface area is 135 Å². The Balaban J connectivity index is 2.03. The van der Waals surface area contributed by atoms with Crippen molar-refractivity contribution in [3.8, 4) is 16.9 Å². The molecule has 4 aromatic carbocycles. The van der Waals surface area contributed by atoms with E-state index in [9.17, 15) is 0 Å². The van der Waals surface area contributed by atoms with Gasteiger partial charge >= 0.3 is 7.69 Å². The van der Waals surface area contributed by atoms with Crippen LogP contribution in [0.3, 0.4) is 0 Å². The average Bonchev–Trinajstić information content (AvgIpc) is 2.61. The average molecular weight is 297 g/mol. The molecular formula is C20H14BO2. The van der Waals surface area contributed by atoms with Crippen LogP contribution in [0.2, 0.25) is 0 Å². The van der Waals surface area contributed by atoms with Crippen LogP contribution in [0.15, 0.2) is 78.9 Å². The molecule has 0 unspecified atom stereocenters. The van der Waals surface area contributed by atoms with E-state index < -0.39 is 0 Å². The molecule has 4 rings (SSSR count). The van der Waals surface area contributed by atoms with E-state index in [2.05, 4.69) is 60.7 Å². The van der Waals surface area contributed by atoms with Gasteiger partial charge in [-0.3, -0.25) is 0 Å². The molecule has 0 bridgehead atoms. The van der Waals surface area contributed by atoms with E-state index in [0.717, 1.165) is 11.1 Å². The first-order chi connectivity index (χ1) is 11.4. The molecule has 3 heteroatoms. The molecule has 23 heavy (non-hydrogen) atoms. The highest BCUT2D eigenvalue weighted by Gasteiger charge is 2.08. The van der Waals surface area contributed by atoms with Gasteiger partial charge in [-0.25, -0.2) is 0 Å². The van der Waals surface area contributed by atoms with Gasteiger partial charge in [0.1, 0.15) is 5.75 Å². The fourth-order valence-corrected chi connectivity index (χ4v) is 3.09. The second-order valence-electron chi connectivity index (χ2n) is 5.44. The van der Waals surface area contributed by atoms with Gasteiger partial charge in [0.2, 0.25) is 0 Å². The first-order valence-corrected chi connectivity index (χ1v) is 7.50. The maximum atomic E-state index is 8.85. The molecule has 4 aromatic rings. The van der Waals surface area contributed by atoms with Crippen molar-refractivity contribution in [3.63, 3.8) is 0 Å². The Morgan fingerprint density at radius 1 is 0.696 bits per heavy atom. The quantitative estimate of drug-likeness (QED) is 0.443. The second kappa shape index (κ2) is 5.78. The SMILES string of the molecule is O[B]Oc1cccc(-c2cc3ccccc3c3ccccc23)c1. The molecule has 0 aliphatic heterocycles. The zero-order chi connectivity index (χ0) is 15.6. The number of rotatable bonds is 3. The fourth-order valence-electron chi connectivity index (χ4n) is 3.09. The summed E-state index contributed by atoms with van der Waals surface area (Å²) >= 11 is 0. The standard InChI is InChI=1S/C20H14BO2/c22-21-23-16-8-5-7-14(12-16)20-13-15-6-1-2-9-17(15)18-10-3-4-11-19(18)20/h1-13,22H. The van der Waals surface area contributed by atoms with E-state index in [0.29, 0.717) is 13.4 Å². The normalized spacial score (nSPS) is 10.8. The summed E-state index contributed by atoms with van der Waals surface area (Å²) in [5.41, 5.74) is 2.22. The van der Waals surface area contributed by atoms with Crippen molar-refractivity contribution in [1.82, 2.24) is 0 Å². The third-order valence-corrected chi connectivity index (χ3v) is 4.10. The van der Waals surface area contributed by atoms with Crippen LogP contribution in [-0.4, -0.2) is 12.7 Å². The van der Waals surface area contributed by atoms with Crippen LogP contribution >= 0.6 is 0 Å². The van der Waals surface area contributed by atoms with Crippen LogP contribution in [-0.2, 0) is 0 Å². The molecule has 0 fully saturated rings. The van der Waals surface area contributed by atoms with E-state index >= 15 is 0 Å². The maximum Gasteiger partial charge on any atom is 0.569 e. The van der Waals surface area contributed by atoms with E-state index in [1.165, 1.54) is 21.5 Å². The Morgan fingerprint density at radius 2 is 1.43 bits per heavy atom. The monoisotopic (exact) mass is 297 g/mol. The van der Waals surface area contributed by atoms with Gasteiger partial charge in [-0.15, -0.1) is 0 Å². The number of benzene rings is 4. The van der Waals surface area contributed by atoms with Crippen LogP contribution < -0.4 is 4.65 Å². The Morgan fingerprint density at radius 3 is 2.26 bits per heavy atom. The van der Waals surface area contributed by atoms with E-state index in [4.69, 9.17) is 9.68 Å². The third-order valence-electron chi connectivity index (χ3n) is 4.10. The van der Waals surface area contributed by atoms with Crippen molar-refractivity contribution in [3.05, 3.63) is 78.9 Å². The van der Waals surface area contributed by atoms with E-state index in [1.54, 1.807) is 0 Å². The molecule has 109 valence electrons. The molecule has 0 amide bonds. The highest BCUT2D eigenvalue weighted by atomic mass is 16.5. The first kappa shape index (κ1) is 13.9. The molecule has 0 saturated heterocycles. The summed E-state index contributed by atoms with van der Waals surface area (Å²) < 4.78 is 5.10. The minimum absolute atomic E-state index is 0.613. The zero-order valence-electron chi connectivity index (χ0n) is 12.4. The predicted octanol–water partition coefficient (Wildman–Crippen LogP) is 4.57. The first-order valence-electron chi connectivity index (χ1n) is 7.50. The molecule has 0 aromatic heterocycles. The molecule has 1 radical (unpaired) electrons. The van der Waals surface area contributed by atoms with Gasteiger partial charge in [-0.1, -0.05) is 60.7 Å². The van der Waals surface area contributed by atoms with Crippen molar-refractivity contribution in [2.24, 2.45) is 0 Å². The van der Waals surface area contributed by atoms with Crippen LogP contribution in [0.4, 0.5) is 0 Å². The zero-order valence-corrected chi connectivity index (χ0v) is 12.4. The lowest BCUT2D eigenvalue weighted by atomic mass is 9.93. The van der Waals surface area contributed by atoms with Gasteiger partial charge < -0.3 is 9.68 Å². The lowest BCUT2D eigenvalue weighted by Gasteiger charge is -2.12. The number of hydrogen-bond donors (Lipinski definition) is 1. The van der Waals surface area contributed by atoms with E-state index in [-0.39, 0.29) is 0 Å². The molecule has 0 aliphatic rings. The molecule has 0 atom stereocenters. The summed E-state index contributed by atoms with van der Waals surface area (Å²) in [7, 11) is 0.706. The molecule has 0 heterocycles. The highest BCUT2D eigenvalue weighted by molar-refractivity contribution is 6.17. The molecule has 0 aliphatic carbocycles.